The van der Waals surface area contributed by atoms with Gasteiger partial charge in [0.05, 0.1) is 0 Å². The molecule has 2 fully saturated rings. The van der Waals surface area contributed by atoms with Gasteiger partial charge < -0.3 is 5.32 Å². The van der Waals surface area contributed by atoms with Crippen LogP contribution in [0.4, 0.5) is 0 Å². The molecule has 2 unspecified atom stereocenters. The third-order valence-corrected chi connectivity index (χ3v) is 3.18. The summed E-state index contributed by atoms with van der Waals surface area (Å²) in [5.41, 5.74) is 0. The summed E-state index contributed by atoms with van der Waals surface area (Å²) in [6, 6.07) is 0.871. The lowest BCUT2D eigenvalue weighted by atomic mass is 9.96. The molecular formula is C5H9IN2. The molecule has 0 aromatic rings. The fourth-order valence-corrected chi connectivity index (χ4v) is 2.61. The van der Waals surface area contributed by atoms with Crippen LogP contribution in [0.3, 0.4) is 0 Å². The quantitative estimate of drug-likeness (QED) is 0.468. The Morgan fingerprint density at radius 2 is 2.38 bits per heavy atom. The Labute approximate surface area is 63.1 Å². The number of halogens is 1. The van der Waals surface area contributed by atoms with Crippen molar-refractivity contribution in [2.75, 3.05) is 19.6 Å². The summed E-state index contributed by atoms with van der Waals surface area (Å²) >= 11 is 2.40. The highest BCUT2D eigenvalue weighted by atomic mass is 127. The van der Waals surface area contributed by atoms with E-state index in [0.29, 0.717) is 0 Å². The van der Waals surface area contributed by atoms with E-state index >= 15 is 0 Å². The van der Waals surface area contributed by atoms with Crippen LogP contribution in [0.1, 0.15) is 0 Å². The molecule has 2 heterocycles. The van der Waals surface area contributed by atoms with Crippen molar-refractivity contribution in [3.05, 3.63) is 0 Å². The predicted octanol–water partition coefficient (Wildman–Crippen LogP) is 0.240. The minimum Gasteiger partial charge on any atom is -0.315 e. The summed E-state index contributed by atoms with van der Waals surface area (Å²) in [6.45, 7) is 3.77. The maximum absolute atomic E-state index is 3.37. The Balaban J connectivity index is 2.02. The Bertz CT molecular complexity index is 107. The molecule has 0 radical (unpaired) electrons. The number of nitrogens with zero attached hydrogens (tertiary/aromatic N) is 1. The van der Waals surface area contributed by atoms with Crippen LogP contribution in [0, 0.1) is 5.92 Å². The van der Waals surface area contributed by atoms with E-state index in [0.717, 1.165) is 12.0 Å². The molecule has 8 heavy (non-hydrogen) atoms. The first-order chi connectivity index (χ1) is 3.88. The maximum atomic E-state index is 3.37. The predicted molar refractivity (Wildman–Crippen MR) is 40.9 cm³/mol. The molecule has 46 valence electrons. The zero-order chi connectivity index (χ0) is 5.56. The van der Waals surface area contributed by atoms with Gasteiger partial charge in [0.2, 0.25) is 0 Å². The van der Waals surface area contributed by atoms with E-state index in [9.17, 15) is 0 Å². The van der Waals surface area contributed by atoms with Crippen LogP contribution in [0.5, 0.6) is 0 Å². The van der Waals surface area contributed by atoms with Gasteiger partial charge >= 0.3 is 0 Å². The fraction of sp³-hybridized carbons (Fsp3) is 1.00. The Morgan fingerprint density at radius 1 is 1.50 bits per heavy atom. The van der Waals surface area contributed by atoms with Crippen molar-refractivity contribution in [3.8, 4) is 0 Å². The smallest absolute Gasteiger partial charge is 0.0371 e. The lowest BCUT2D eigenvalue weighted by Crippen LogP contribution is -2.49. The van der Waals surface area contributed by atoms with Crippen molar-refractivity contribution >= 4 is 22.9 Å². The summed E-state index contributed by atoms with van der Waals surface area (Å²) in [4.78, 5) is 0. The van der Waals surface area contributed by atoms with Crippen LogP contribution in [0.25, 0.3) is 0 Å². The third-order valence-electron chi connectivity index (χ3n) is 2.07. The normalized spacial score (nSPS) is 46.1. The van der Waals surface area contributed by atoms with Gasteiger partial charge in [-0.15, -0.1) is 0 Å². The van der Waals surface area contributed by atoms with E-state index in [4.69, 9.17) is 0 Å². The summed E-state index contributed by atoms with van der Waals surface area (Å²) in [5.74, 6) is 0.979. The molecule has 0 aromatic heterocycles. The maximum Gasteiger partial charge on any atom is 0.0371 e. The van der Waals surface area contributed by atoms with Gasteiger partial charge in [-0.05, 0) is 0 Å². The first-order valence-corrected chi connectivity index (χ1v) is 3.97. The molecule has 0 aliphatic carbocycles. The van der Waals surface area contributed by atoms with Crippen molar-refractivity contribution in [2.45, 2.75) is 6.04 Å². The molecule has 2 nitrogen and oxygen atoms in total. The highest BCUT2D eigenvalue weighted by molar-refractivity contribution is 14.1. The van der Waals surface area contributed by atoms with Crippen molar-refractivity contribution in [2.24, 2.45) is 5.92 Å². The van der Waals surface area contributed by atoms with E-state index in [1.165, 1.54) is 19.6 Å². The second kappa shape index (κ2) is 1.82. The van der Waals surface area contributed by atoms with Gasteiger partial charge in [0.1, 0.15) is 0 Å². The monoisotopic (exact) mass is 224 g/mol. The van der Waals surface area contributed by atoms with Gasteiger partial charge in [-0.25, -0.2) is 3.11 Å². The van der Waals surface area contributed by atoms with Gasteiger partial charge in [-0.1, -0.05) is 0 Å². The summed E-state index contributed by atoms with van der Waals surface area (Å²) in [5, 5.41) is 3.37. The van der Waals surface area contributed by atoms with Crippen LogP contribution in [0.2, 0.25) is 0 Å². The number of rotatable bonds is 0. The molecule has 2 saturated heterocycles. The van der Waals surface area contributed by atoms with Crippen LogP contribution >= 0.6 is 22.9 Å². The summed E-state index contributed by atoms with van der Waals surface area (Å²) in [6.07, 6.45) is 0. The minimum absolute atomic E-state index is 0.871. The standard InChI is InChI=1S/C5H9IN2/c6-8-3-4-1-7-2-5(4)8/h4-5,7H,1-3H2. The molecule has 0 spiro atoms. The zero-order valence-corrected chi connectivity index (χ0v) is 6.76. The first kappa shape index (κ1) is 5.44. The van der Waals surface area contributed by atoms with Crippen LogP contribution < -0.4 is 5.32 Å². The minimum atomic E-state index is 0.871. The molecule has 2 aliphatic heterocycles. The summed E-state index contributed by atoms with van der Waals surface area (Å²) in [7, 11) is 0. The summed E-state index contributed by atoms with van der Waals surface area (Å²) < 4.78 is 2.39. The molecule has 0 aromatic carbocycles. The van der Waals surface area contributed by atoms with Crippen LogP contribution in [-0.4, -0.2) is 28.8 Å². The number of hydrogen-bond donors (Lipinski definition) is 1. The second-order valence-corrected chi connectivity index (χ2v) is 3.81. The molecule has 3 heteroatoms. The Kier molecular flexibility index (Phi) is 1.23. The first-order valence-electron chi connectivity index (χ1n) is 3.01. The average molecular weight is 224 g/mol. The van der Waals surface area contributed by atoms with Gasteiger partial charge in [0.15, 0.2) is 0 Å². The molecule has 2 rings (SSSR count). The van der Waals surface area contributed by atoms with Gasteiger partial charge in [0.25, 0.3) is 0 Å². The SMILES string of the molecule is IN1CC2CNCC21. The van der Waals surface area contributed by atoms with Crippen molar-refractivity contribution in [1.82, 2.24) is 8.43 Å². The second-order valence-electron chi connectivity index (χ2n) is 2.57. The Morgan fingerprint density at radius 3 is 2.88 bits per heavy atom. The van der Waals surface area contributed by atoms with Crippen molar-refractivity contribution < 1.29 is 0 Å². The topological polar surface area (TPSA) is 15.3 Å². The van der Waals surface area contributed by atoms with Crippen LogP contribution in [0.15, 0.2) is 0 Å². The molecule has 0 bridgehead atoms. The van der Waals surface area contributed by atoms with Gasteiger partial charge in [-0.2, -0.15) is 0 Å². The fourth-order valence-electron chi connectivity index (χ4n) is 1.45. The molecule has 2 atom stereocenters. The van der Waals surface area contributed by atoms with E-state index in [1.807, 2.05) is 0 Å². The van der Waals surface area contributed by atoms with Gasteiger partial charge in [0, 0.05) is 54.5 Å². The van der Waals surface area contributed by atoms with Crippen LogP contribution in [-0.2, 0) is 0 Å². The number of fused-ring (bicyclic) bond motifs is 1. The lowest BCUT2D eigenvalue weighted by molar-refractivity contribution is 0.188. The molecular weight excluding hydrogens is 215 g/mol. The molecule has 2 aliphatic rings. The highest BCUT2D eigenvalue weighted by Gasteiger charge is 2.40. The molecule has 0 amide bonds. The van der Waals surface area contributed by atoms with E-state index in [2.05, 4.69) is 31.3 Å². The van der Waals surface area contributed by atoms with E-state index in [-0.39, 0.29) is 0 Å². The van der Waals surface area contributed by atoms with Crippen molar-refractivity contribution in [1.29, 1.82) is 0 Å². The van der Waals surface area contributed by atoms with E-state index in [1.54, 1.807) is 0 Å². The molecule has 1 N–H and O–H groups in total. The third kappa shape index (κ3) is 0.610. The number of nitrogens with one attached hydrogen (secondary N) is 1. The average Bonchev–Trinajstić information content (AvgIpc) is 2.09. The van der Waals surface area contributed by atoms with Gasteiger partial charge in [-0.3, -0.25) is 0 Å². The molecule has 0 saturated carbocycles. The van der Waals surface area contributed by atoms with E-state index < -0.39 is 0 Å². The lowest BCUT2D eigenvalue weighted by Gasteiger charge is -2.38. The largest absolute Gasteiger partial charge is 0.315 e. The van der Waals surface area contributed by atoms with Crippen molar-refractivity contribution in [3.63, 3.8) is 0 Å². The number of hydrogen-bond acceptors (Lipinski definition) is 2. The highest BCUT2D eigenvalue weighted by Crippen LogP contribution is 2.30. The zero-order valence-electron chi connectivity index (χ0n) is 4.60. The Hall–Kier alpha value is 0.650.